The summed E-state index contributed by atoms with van der Waals surface area (Å²) in [5.74, 6) is 0.387. The first-order valence-corrected chi connectivity index (χ1v) is 11.3. The minimum absolute atomic E-state index is 0.241. The molecule has 2 aromatic carbocycles. The number of rotatable bonds is 7. The molecule has 1 aliphatic carbocycles. The fourth-order valence-corrected chi connectivity index (χ4v) is 4.09. The molecule has 4 aromatic rings. The predicted octanol–water partition coefficient (Wildman–Crippen LogP) is 5.93. The summed E-state index contributed by atoms with van der Waals surface area (Å²) >= 11 is 0. The highest BCUT2D eigenvalue weighted by molar-refractivity contribution is 5.83. The van der Waals surface area contributed by atoms with Crippen LogP contribution in [0.15, 0.2) is 48.7 Å². The largest absolute Gasteiger partial charge is 0.493 e. The molecule has 0 atom stereocenters. The van der Waals surface area contributed by atoms with Crippen LogP contribution in [-0.4, -0.2) is 28.3 Å². The maximum atomic E-state index is 14.2. The lowest BCUT2D eigenvalue weighted by Gasteiger charge is -2.26. The molecule has 8 heteroatoms. The third-order valence-electron chi connectivity index (χ3n) is 6.17. The summed E-state index contributed by atoms with van der Waals surface area (Å²) < 4.78 is 41.3. The number of fused-ring (bicyclic) bond motifs is 1. The molecule has 2 aromatic heterocycles. The normalized spacial score (nSPS) is 13.7. The SMILES string of the molecule is COc1cccc(/C=C/c2nc3cc(F)c(F)cc3n2-c2ncccc2C#N)c1OCC1CCC1. The zero-order chi connectivity index (χ0) is 24.4. The van der Waals surface area contributed by atoms with Crippen LogP contribution in [0.4, 0.5) is 8.78 Å². The van der Waals surface area contributed by atoms with Gasteiger partial charge in [0.1, 0.15) is 11.9 Å². The number of halogens is 2. The van der Waals surface area contributed by atoms with E-state index in [1.807, 2.05) is 18.2 Å². The van der Waals surface area contributed by atoms with E-state index in [9.17, 15) is 14.0 Å². The molecule has 1 aliphatic rings. The van der Waals surface area contributed by atoms with Crippen LogP contribution in [0.1, 0.15) is 36.2 Å². The molecule has 5 rings (SSSR count). The lowest BCUT2D eigenvalue weighted by molar-refractivity contribution is 0.175. The van der Waals surface area contributed by atoms with Crippen molar-refractivity contribution in [2.24, 2.45) is 5.92 Å². The summed E-state index contributed by atoms with van der Waals surface area (Å²) in [7, 11) is 1.59. The van der Waals surface area contributed by atoms with Crippen molar-refractivity contribution < 1.29 is 18.3 Å². The number of aromatic nitrogens is 3. The molecule has 0 aliphatic heterocycles. The van der Waals surface area contributed by atoms with Crippen molar-refractivity contribution in [1.29, 1.82) is 5.26 Å². The third-order valence-corrected chi connectivity index (χ3v) is 6.17. The van der Waals surface area contributed by atoms with E-state index >= 15 is 0 Å². The van der Waals surface area contributed by atoms with E-state index in [1.165, 1.54) is 12.6 Å². The molecule has 6 nitrogen and oxygen atoms in total. The molecule has 0 radical (unpaired) electrons. The molecule has 0 spiro atoms. The van der Waals surface area contributed by atoms with Crippen LogP contribution >= 0.6 is 0 Å². The molecule has 1 fully saturated rings. The zero-order valence-corrected chi connectivity index (χ0v) is 19.0. The number of imidazole rings is 1. The van der Waals surface area contributed by atoms with Crippen LogP contribution in [0.2, 0.25) is 0 Å². The highest BCUT2D eigenvalue weighted by Gasteiger charge is 2.20. The van der Waals surface area contributed by atoms with Gasteiger partial charge in [0.15, 0.2) is 29.0 Å². The zero-order valence-electron chi connectivity index (χ0n) is 19.0. The van der Waals surface area contributed by atoms with Gasteiger partial charge < -0.3 is 9.47 Å². The van der Waals surface area contributed by atoms with Gasteiger partial charge in [0.05, 0.1) is 30.3 Å². The molecule has 0 amide bonds. The Hall–Kier alpha value is -4.25. The average molecular weight is 472 g/mol. The Morgan fingerprint density at radius 3 is 2.71 bits per heavy atom. The number of nitriles is 1. The number of para-hydroxylation sites is 1. The number of methoxy groups -OCH3 is 1. The Morgan fingerprint density at radius 1 is 1.14 bits per heavy atom. The van der Waals surface area contributed by atoms with Crippen molar-refractivity contribution in [3.05, 3.63) is 77.2 Å². The van der Waals surface area contributed by atoms with Gasteiger partial charge in [0.25, 0.3) is 0 Å². The van der Waals surface area contributed by atoms with Gasteiger partial charge in [0, 0.05) is 23.9 Å². The second-order valence-corrected chi connectivity index (χ2v) is 8.37. The van der Waals surface area contributed by atoms with Gasteiger partial charge in [-0.3, -0.25) is 4.57 Å². The monoisotopic (exact) mass is 472 g/mol. The molecule has 176 valence electrons. The minimum Gasteiger partial charge on any atom is -0.493 e. The quantitative estimate of drug-likeness (QED) is 0.333. The van der Waals surface area contributed by atoms with Gasteiger partial charge in [-0.1, -0.05) is 18.6 Å². The third kappa shape index (κ3) is 4.33. The first kappa shape index (κ1) is 22.5. The molecule has 0 N–H and O–H groups in total. The van der Waals surface area contributed by atoms with E-state index in [2.05, 4.69) is 16.0 Å². The van der Waals surface area contributed by atoms with Gasteiger partial charge in [0.2, 0.25) is 0 Å². The van der Waals surface area contributed by atoms with Crippen LogP contribution < -0.4 is 9.47 Å². The highest BCUT2D eigenvalue weighted by Crippen LogP contribution is 2.35. The summed E-state index contributed by atoms with van der Waals surface area (Å²) in [4.78, 5) is 8.82. The fourth-order valence-electron chi connectivity index (χ4n) is 4.09. The van der Waals surface area contributed by atoms with Gasteiger partial charge in [-0.2, -0.15) is 5.26 Å². The predicted molar refractivity (Wildman–Crippen MR) is 128 cm³/mol. The summed E-state index contributed by atoms with van der Waals surface area (Å²) in [6.45, 7) is 0.609. The summed E-state index contributed by atoms with van der Waals surface area (Å²) in [6.07, 6.45) is 8.58. The number of pyridine rings is 1. The topological polar surface area (TPSA) is 73.0 Å². The van der Waals surface area contributed by atoms with Crippen LogP contribution in [0.5, 0.6) is 11.5 Å². The van der Waals surface area contributed by atoms with E-state index in [-0.39, 0.29) is 16.9 Å². The summed E-state index contributed by atoms with van der Waals surface area (Å²) in [5.41, 5.74) is 1.58. The van der Waals surface area contributed by atoms with E-state index in [0.29, 0.717) is 35.4 Å². The molecule has 0 unspecified atom stereocenters. The van der Waals surface area contributed by atoms with Gasteiger partial charge in [-0.15, -0.1) is 0 Å². The maximum Gasteiger partial charge on any atom is 0.168 e. The smallest absolute Gasteiger partial charge is 0.168 e. The Kier molecular flexibility index (Phi) is 6.15. The summed E-state index contributed by atoms with van der Waals surface area (Å²) in [5, 5.41) is 9.60. The number of hydrogen-bond donors (Lipinski definition) is 0. The molecule has 35 heavy (non-hydrogen) atoms. The lowest BCUT2D eigenvalue weighted by Crippen LogP contribution is -2.19. The van der Waals surface area contributed by atoms with Crippen LogP contribution in [0.25, 0.3) is 29.0 Å². The minimum atomic E-state index is -1.01. The van der Waals surface area contributed by atoms with Gasteiger partial charge in [-0.05, 0) is 49.1 Å². The summed E-state index contributed by atoms with van der Waals surface area (Å²) in [6, 6.07) is 13.0. The lowest BCUT2D eigenvalue weighted by atomic mass is 9.86. The molecule has 0 saturated heterocycles. The number of hydrogen-bond acceptors (Lipinski definition) is 5. The van der Waals surface area contributed by atoms with Crippen LogP contribution in [0.3, 0.4) is 0 Å². The highest BCUT2D eigenvalue weighted by atomic mass is 19.2. The second kappa shape index (κ2) is 9.55. The van der Waals surface area contributed by atoms with Crippen molar-refractivity contribution in [2.75, 3.05) is 13.7 Å². The first-order chi connectivity index (χ1) is 17.1. The Balaban J connectivity index is 1.62. The van der Waals surface area contributed by atoms with Gasteiger partial charge >= 0.3 is 0 Å². The number of ether oxygens (including phenoxy) is 2. The molecule has 1 saturated carbocycles. The van der Waals surface area contributed by atoms with Crippen molar-refractivity contribution >= 4 is 23.2 Å². The Morgan fingerprint density at radius 2 is 1.97 bits per heavy atom. The van der Waals surface area contributed by atoms with E-state index in [1.54, 1.807) is 36.0 Å². The fraction of sp³-hybridized carbons (Fsp3) is 0.222. The number of benzene rings is 2. The van der Waals surface area contributed by atoms with Crippen molar-refractivity contribution in [3.8, 4) is 23.4 Å². The maximum absolute atomic E-state index is 14.2. The van der Waals surface area contributed by atoms with Crippen molar-refractivity contribution in [1.82, 2.24) is 14.5 Å². The molecular formula is C27H22F2N4O2. The second-order valence-electron chi connectivity index (χ2n) is 8.37. The first-order valence-electron chi connectivity index (χ1n) is 11.3. The Labute approximate surface area is 201 Å². The van der Waals surface area contributed by atoms with Crippen LogP contribution in [0, 0.1) is 28.9 Å². The standard InChI is InChI=1S/C27H22F2N4O2/c1-34-24-9-3-7-18(26(24)35-16-17-5-2-6-17)10-11-25-32-22-13-20(28)21(29)14-23(22)33(25)27-19(15-30)8-4-12-31-27/h3-4,7-14,17H,2,5-6,16H2,1H3/b11-10+. The molecular weight excluding hydrogens is 450 g/mol. The van der Waals surface area contributed by atoms with Crippen LogP contribution in [-0.2, 0) is 0 Å². The van der Waals surface area contributed by atoms with E-state index < -0.39 is 11.6 Å². The van der Waals surface area contributed by atoms with Gasteiger partial charge in [-0.25, -0.2) is 18.7 Å². The van der Waals surface area contributed by atoms with Crippen molar-refractivity contribution in [2.45, 2.75) is 19.3 Å². The van der Waals surface area contributed by atoms with E-state index in [4.69, 9.17) is 9.47 Å². The average Bonchev–Trinajstić information content (AvgIpc) is 3.18. The van der Waals surface area contributed by atoms with Crippen molar-refractivity contribution in [3.63, 3.8) is 0 Å². The molecule has 0 bridgehead atoms. The number of nitrogens with zero attached hydrogens (tertiary/aromatic N) is 4. The molecule has 2 heterocycles. The Bertz CT molecular complexity index is 1470. The van der Waals surface area contributed by atoms with E-state index in [0.717, 1.165) is 30.5 Å².